The molecule has 122 valence electrons. The molecular weight excluding hydrogens is 302 g/mol. The van der Waals surface area contributed by atoms with Crippen molar-refractivity contribution < 1.29 is 14.1 Å². The van der Waals surface area contributed by atoms with Crippen LogP contribution in [0.2, 0.25) is 0 Å². The first-order valence-electron chi connectivity index (χ1n) is 7.79. The van der Waals surface area contributed by atoms with Gasteiger partial charge in [-0.05, 0) is 36.4 Å². The first-order chi connectivity index (χ1) is 11.6. The van der Waals surface area contributed by atoms with E-state index in [0.717, 1.165) is 23.1 Å². The molecule has 0 N–H and O–H groups in total. The summed E-state index contributed by atoms with van der Waals surface area (Å²) in [5, 5.41) is 4.56. The van der Waals surface area contributed by atoms with Crippen molar-refractivity contribution in [2.45, 2.75) is 20.4 Å². The van der Waals surface area contributed by atoms with Crippen molar-refractivity contribution in [2.75, 3.05) is 7.11 Å². The molecule has 0 aliphatic heterocycles. The fourth-order valence-corrected chi connectivity index (χ4v) is 2.67. The smallest absolute Gasteiger partial charge is 0.275 e. The molecule has 0 atom stereocenters. The lowest BCUT2D eigenvalue weighted by Gasteiger charge is -2.03. The van der Waals surface area contributed by atoms with Gasteiger partial charge >= 0.3 is 0 Å². The second kappa shape index (κ2) is 6.66. The minimum absolute atomic E-state index is 0.0430. The topological polar surface area (TPSA) is 48.0 Å². The maximum Gasteiger partial charge on any atom is 0.275 e. The third-order valence-corrected chi connectivity index (χ3v) is 4.05. The number of benzene rings is 2. The van der Waals surface area contributed by atoms with Crippen LogP contribution in [-0.4, -0.2) is 22.7 Å². The lowest BCUT2D eigenvalue weighted by atomic mass is 10.1. The lowest BCUT2D eigenvalue weighted by molar-refractivity contribution is -0.695. The number of ketones is 1. The van der Waals surface area contributed by atoms with Crippen LogP contribution < -0.4 is 9.30 Å². The van der Waals surface area contributed by atoms with Crippen LogP contribution in [0.4, 0.5) is 0 Å². The summed E-state index contributed by atoms with van der Waals surface area (Å²) in [5.41, 5.74) is 1.64. The molecule has 3 aromatic rings. The van der Waals surface area contributed by atoms with Gasteiger partial charge in [-0.15, -0.1) is 0 Å². The van der Waals surface area contributed by atoms with E-state index in [1.54, 1.807) is 31.4 Å². The Kier molecular flexibility index (Phi) is 4.42. The molecule has 24 heavy (non-hydrogen) atoms. The quantitative estimate of drug-likeness (QED) is 0.536. The van der Waals surface area contributed by atoms with Gasteiger partial charge < -0.3 is 4.74 Å². The van der Waals surface area contributed by atoms with E-state index in [4.69, 9.17) is 4.74 Å². The normalized spacial score (nSPS) is 10.6. The first kappa shape index (κ1) is 15.9. The fourth-order valence-electron chi connectivity index (χ4n) is 2.67. The van der Waals surface area contributed by atoms with Gasteiger partial charge in [0.2, 0.25) is 5.82 Å². The molecule has 0 amide bonds. The summed E-state index contributed by atoms with van der Waals surface area (Å²) in [5.74, 6) is 2.50. The molecule has 0 unspecified atom stereocenters. The molecule has 2 aromatic carbocycles. The van der Waals surface area contributed by atoms with Gasteiger partial charge in [0.05, 0.1) is 7.11 Å². The zero-order valence-corrected chi connectivity index (χ0v) is 14.1. The first-order valence-corrected chi connectivity index (χ1v) is 7.79. The van der Waals surface area contributed by atoms with E-state index in [-0.39, 0.29) is 12.3 Å². The molecule has 0 radical (unpaired) electrons. The van der Waals surface area contributed by atoms with Gasteiger partial charge in [0.1, 0.15) is 18.0 Å². The van der Waals surface area contributed by atoms with Crippen molar-refractivity contribution in [3.05, 3.63) is 71.8 Å². The van der Waals surface area contributed by atoms with Crippen LogP contribution in [0.25, 0.3) is 5.69 Å². The van der Waals surface area contributed by atoms with Crippen LogP contribution in [0, 0.1) is 13.8 Å². The highest BCUT2D eigenvalue weighted by Crippen LogP contribution is 2.12. The second-order valence-electron chi connectivity index (χ2n) is 5.58. The van der Waals surface area contributed by atoms with Crippen molar-refractivity contribution in [1.82, 2.24) is 9.78 Å². The largest absolute Gasteiger partial charge is 0.497 e. The molecule has 5 nitrogen and oxygen atoms in total. The number of para-hydroxylation sites is 1. The van der Waals surface area contributed by atoms with Crippen LogP contribution in [0.3, 0.4) is 0 Å². The molecule has 5 heteroatoms. The predicted octanol–water partition coefficient (Wildman–Crippen LogP) is 2.67. The highest BCUT2D eigenvalue weighted by atomic mass is 16.5. The summed E-state index contributed by atoms with van der Waals surface area (Å²) in [7, 11) is 1.61. The zero-order chi connectivity index (χ0) is 17.1. The number of methoxy groups -OCH3 is 1. The molecular formula is C19H20N3O2+. The molecule has 0 spiro atoms. The number of carbonyl (C=O) groups is 1. The zero-order valence-electron chi connectivity index (χ0n) is 14.1. The highest BCUT2D eigenvalue weighted by Gasteiger charge is 2.23. The van der Waals surface area contributed by atoms with E-state index in [2.05, 4.69) is 5.10 Å². The maximum atomic E-state index is 12.6. The summed E-state index contributed by atoms with van der Waals surface area (Å²) in [6.45, 7) is 4.14. The Hall–Kier alpha value is -2.95. The van der Waals surface area contributed by atoms with Gasteiger partial charge in [-0.25, -0.2) is 4.57 Å². The summed E-state index contributed by atoms with van der Waals surface area (Å²) in [6.07, 6.45) is 0. The van der Waals surface area contributed by atoms with Crippen LogP contribution in [0.5, 0.6) is 5.75 Å². The average molecular weight is 322 g/mol. The minimum Gasteiger partial charge on any atom is -0.497 e. The molecule has 3 rings (SSSR count). The van der Waals surface area contributed by atoms with E-state index in [1.165, 1.54) is 0 Å². The fraction of sp³-hybridized carbons (Fsp3) is 0.211. The van der Waals surface area contributed by atoms with Crippen LogP contribution in [-0.2, 0) is 6.54 Å². The van der Waals surface area contributed by atoms with Gasteiger partial charge in [0, 0.05) is 24.5 Å². The van der Waals surface area contributed by atoms with Gasteiger partial charge in [0.15, 0.2) is 5.78 Å². The molecule has 0 saturated heterocycles. The monoisotopic (exact) mass is 322 g/mol. The summed E-state index contributed by atoms with van der Waals surface area (Å²) in [4.78, 5) is 12.6. The number of aryl methyl sites for hydroxylation is 1. The number of ether oxygens (including phenoxy) is 1. The van der Waals surface area contributed by atoms with Gasteiger partial charge in [0.25, 0.3) is 5.82 Å². The van der Waals surface area contributed by atoms with E-state index in [0.29, 0.717) is 5.56 Å². The third kappa shape index (κ3) is 3.06. The van der Waals surface area contributed by atoms with Crippen LogP contribution in [0.15, 0.2) is 54.6 Å². The van der Waals surface area contributed by atoms with Crippen molar-refractivity contribution in [3.63, 3.8) is 0 Å². The standard InChI is InChI=1S/C19H20N3O2/c1-14-20-22(17-7-5-4-6-8-17)15(2)21(14)13-19(23)16-9-11-18(24-3)12-10-16/h4-12H,13H2,1-3H3/q+1. The Morgan fingerprint density at radius 1 is 1.08 bits per heavy atom. The van der Waals surface area contributed by atoms with Crippen molar-refractivity contribution in [2.24, 2.45) is 0 Å². The van der Waals surface area contributed by atoms with Crippen molar-refractivity contribution in [3.8, 4) is 11.4 Å². The van der Waals surface area contributed by atoms with E-state index in [9.17, 15) is 4.79 Å². The molecule has 1 aromatic heterocycles. The predicted molar refractivity (Wildman–Crippen MR) is 90.6 cm³/mol. The van der Waals surface area contributed by atoms with E-state index >= 15 is 0 Å². The van der Waals surface area contributed by atoms with Crippen LogP contribution in [0.1, 0.15) is 22.0 Å². The summed E-state index contributed by atoms with van der Waals surface area (Å²) < 4.78 is 8.92. The van der Waals surface area contributed by atoms with Gasteiger partial charge in [-0.1, -0.05) is 22.9 Å². The Morgan fingerprint density at radius 3 is 2.38 bits per heavy atom. The van der Waals surface area contributed by atoms with E-state index < -0.39 is 0 Å². The molecule has 1 heterocycles. The Balaban J connectivity index is 1.87. The Morgan fingerprint density at radius 2 is 1.75 bits per heavy atom. The molecule has 0 aliphatic rings. The minimum atomic E-state index is 0.0430. The van der Waals surface area contributed by atoms with E-state index in [1.807, 2.05) is 53.4 Å². The molecule has 0 saturated carbocycles. The molecule has 0 aliphatic carbocycles. The number of aromatic nitrogens is 3. The van der Waals surface area contributed by atoms with Crippen molar-refractivity contribution in [1.29, 1.82) is 0 Å². The Labute approximate surface area is 141 Å². The number of Topliss-reactive ketones (excluding diaryl/α,β-unsaturated/α-hetero) is 1. The Bertz CT molecular complexity index is 852. The lowest BCUT2D eigenvalue weighted by Crippen LogP contribution is -2.42. The molecule has 0 bridgehead atoms. The van der Waals surface area contributed by atoms with Gasteiger partial charge in [-0.3, -0.25) is 4.79 Å². The number of hydrogen-bond donors (Lipinski definition) is 0. The van der Waals surface area contributed by atoms with Gasteiger partial charge in [-0.2, -0.15) is 0 Å². The summed E-state index contributed by atoms with van der Waals surface area (Å²) in [6, 6.07) is 17.1. The third-order valence-electron chi connectivity index (χ3n) is 4.05. The number of carbonyl (C=O) groups excluding carboxylic acids is 1. The summed E-state index contributed by atoms with van der Waals surface area (Å²) >= 11 is 0. The van der Waals surface area contributed by atoms with Crippen molar-refractivity contribution >= 4 is 5.78 Å². The van der Waals surface area contributed by atoms with Crippen LogP contribution >= 0.6 is 0 Å². The second-order valence-corrected chi connectivity index (χ2v) is 5.58. The number of nitrogens with zero attached hydrogens (tertiary/aromatic N) is 3. The SMILES string of the molecule is COc1ccc(C(=O)C[n+]2c(C)nn(-c3ccccc3)c2C)cc1. The average Bonchev–Trinajstić information content (AvgIpc) is 2.90. The number of hydrogen-bond acceptors (Lipinski definition) is 3. The number of rotatable bonds is 5. The highest BCUT2D eigenvalue weighted by molar-refractivity contribution is 5.95. The molecule has 0 fully saturated rings. The maximum absolute atomic E-state index is 12.6.